The van der Waals surface area contributed by atoms with E-state index in [1.54, 1.807) is 7.11 Å². The molecule has 18 heavy (non-hydrogen) atoms. The van der Waals surface area contributed by atoms with Crippen molar-refractivity contribution >= 4 is 5.97 Å². The lowest BCUT2D eigenvalue weighted by atomic mass is 10.1. The van der Waals surface area contributed by atoms with E-state index in [-0.39, 0.29) is 5.97 Å². The molecule has 1 aliphatic carbocycles. The summed E-state index contributed by atoms with van der Waals surface area (Å²) in [6, 6.07) is 6.52. The minimum Gasteiger partial charge on any atom is -0.497 e. The Kier molecular flexibility index (Phi) is 4.20. The van der Waals surface area contributed by atoms with E-state index < -0.39 is 0 Å². The van der Waals surface area contributed by atoms with E-state index in [0.717, 1.165) is 18.6 Å². The van der Waals surface area contributed by atoms with Gasteiger partial charge in [-0.2, -0.15) is 0 Å². The molecule has 4 heteroatoms. The summed E-state index contributed by atoms with van der Waals surface area (Å²) in [6.45, 7) is 0.647. The molecule has 1 atom stereocenters. The number of rotatable bonds is 5. The summed E-state index contributed by atoms with van der Waals surface area (Å²) >= 11 is 0. The summed E-state index contributed by atoms with van der Waals surface area (Å²) in [6.07, 6.45) is 2.56. The van der Waals surface area contributed by atoms with Crippen molar-refractivity contribution in [2.45, 2.75) is 25.3 Å². The van der Waals surface area contributed by atoms with E-state index in [1.165, 1.54) is 18.2 Å². The van der Waals surface area contributed by atoms with Crippen LogP contribution in [0, 0.1) is 0 Å². The Morgan fingerprint density at radius 2 is 2.28 bits per heavy atom. The first-order chi connectivity index (χ1) is 8.74. The maximum absolute atomic E-state index is 11.0. The van der Waals surface area contributed by atoms with Gasteiger partial charge in [0.05, 0.1) is 20.6 Å². The minimum atomic E-state index is -0.175. The van der Waals surface area contributed by atoms with E-state index in [4.69, 9.17) is 4.74 Å². The van der Waals surface area contributed by atoms with Crippen molar-refractivity contribution in [1.29, 1.82) is 0 Å². The second-order valence-electron chi connectivity index (χ2n) is 4.44. The Morgan fingerprint density at radius 1 is 1.44 bits per heavy atom. The maximum atomic E-state index is 11.0. The molecule has 0 amide bonds. The second-order valence-corrected chi connectivity index (χ2v) is 4.44. The van der Waals surface area contributed by atoms with Crippen LogP contribution in [0.5, 0.6) is 5.75 Å². The van der Waals surface area contributed by atoms with Crippen LogP contribution in [0.4, 0.5) is 0 Å². The number of hydrogen-bond acceptors (Lipinski definition) is 4. The third kappa shape index (κ3) is 2.82. The highest BCUT2D eigenvalue weighted by molar-refractivity contribution is 5.69. The van der Waals surface area contributed by atoms with Crippen molar-refractivity contribution < 1.29 is 14.3 Å². The number of fused-ring (bicyclic) bond motifs is 1. The number of benzene rings is 1. The molecule has 1 unspecified atom stereocenters. The molecule has 0 fully saturated rings. The van der Waals surface area contributed by atoms with Gasteiger partial charge < -0.3 is 14.8 Å². The fraction of sp³-hybridized carbons (Fsp3) is 0.500. The zero-order valence-corrected chi connectivity index (χ0v) is 10.9. The Hall–Kier alpha value is -1.55. The normalized spacial score (nSPS) is 17.3. The van der Waals surface area contributed by atoms with Crippen LogP contribution in [0.25, 0.3) is 0 Å². The summed E-state index contributed by atoms with van der Waals surface area (Å²) in [5, 5.41) is 3.40. The van der Waals surface area contributed by atoms with Crippen LogP contribution in [-0.2, 0) is 16.0 Å². The molecule has 0 saturated heterocycles. The van der Waals surface area contributed by atoms with E-state index in [2.05, 4.69) is 22.2 Å². The van der Waals surface area contributed by atoms with Gasteiger partial charge in [0.2, 0.25) is 0 Å². The van der Waals surface area contributed by atoms with E-state index in [1.807, 2.05) is 6.07 Å². The first-order valence-electron chi connectivity index (χ1n) is 6.21. The molecule has 4 nitrogen and oxygen atoms in total. The van der Waals surface area contributed by atoms with Crippen molar-refractivity contribution in [3.8, 4) is 5.75 Å². The number of carbonyl (C=O) groups excluding carboxylic acids is 1. The molecular formula is C14H19NO3. The van der Waals surface area contributed by atoms with Crippen molar-refractivity contribution in [3.05, 3.63) is 29.3 Å². The molecule has 1 aliphatic rings. The van der Waals surface area contributed by atoms with Crippen LogP contribution in [0.2, 0.25) is 0 Å². The van der Waals surface area contributed by atoms with Crippen LogP contribution < -0.4 is 10.1 Å². The predicted octanol–water partition coefficient (Wildman–Crippen LogP) is 1.84. The fourth-order valence-electron chi connectivity index (χ4n) is 2.37. The standard InChI is InChI=1S/C14H19NO3/c1-17-11-5-3-10-4-6-13(12(10)9-11)15-8-7-14(16)18-2/h3,5,9,13,15H,4,6-8H2,1-2H3. The zero-order chi connectivity index (χ0) is 13.0. The van der Waals surface area contributed by atoms with Crippen molar-refractivity contribution in [2.75, 3.05) is 20.8 Å². The predicted molar refractivity (Wildman–Crippen MR) is 68.7 cm³/mol. The summed E-state index contributed by atoms with van der Waals surface area (Å²) in [4.78, 5) is 11.0. The topological polar surface area (TPSA) is 47.6 Å². The van der Waals surface area contributed by atoms with Crippen molar-refractivity contribution in [2.24, 2.45) is 0 Å². The van der Waals surface area contributed by atoms with Gasteiger partial charge in [0.25, 0.3) is 0 Å². The molecule has 0 spiro atoms. The SMILES string of the molecule is COC(=O)CCNC1CCc2ccc(OC)cc21. The van der Waals surface area contributed by atoms with Gasteiger partial charge in [-0.1, -0.05) is 6.07 Å². The fourth-order valence-corrected chi connectivity index (χ4v) is 2.37. The summed E-state index contributed by atoms with van der Waals surface area (Å²) in [5.74, 6) is 0.710. The number of nitrogens with one attached hydrogen (secondary N) is 1. The Bertz CT molecular complexity index is 431. The molecule has 98 valence electrons. The molecule has 0 radical (unpaired) electrons. The van der Waals surface area contributed by atoms with Crippen LogP contribution in [-0.4, -0.2) is 26.7 Å². The zero-order valence-electron chi connectivity index (χ0n) is 10.9. The van der Waals surface area contributed by atoms with Gasteiger partial charge in [0.15, 0.2) is 0 Å². The van der Waals surface area contributed by atoms with E-state index >= 15 is 0 Å². The number of esters is 1. The lowest BCUT2D eigenvalue weighted by molar-refractivity contribution is -0.140. The van der Waals surface area contributed by atoms with Crippen LogP contribution >= 0.6 is 0 Å². The Labute approximate surface area is 107 Å². The maximum Gasteiger partial charge on any atom is 0.306 e. The van der Waals surface area contributed by atoms with Crippen molar-refractivity contribution in [3.63, 3.8) is 0 Å². The Morgan fingerprint density at radius 3 is 3.00 bits per heavy atom. The molecule has 2 rings (SSSR count). The third-order valence-electron chi connectivity index (χ3n) is 3.38. The first kappa shape index (κ1) is 12.9. The summed E-state index contributed by atoms with van der Waals surface area (Å²) in [7, 11) is 3.09. The monoisotopic (exact) mass is 249 g/mol. The van der Waals surface area contributed by atoms with Crippen LogP contribution in [0.3, 0.4) is 0 Å². The highest BCUT2D eigenvalue weighted by atomic mass is 16.5. The molecule has 0 aromatic heterocycles. The van der Waals surface area contributed by atoms with E-state index in [9.17, 15) is 4.79 Å². The summed E-state index contributed by atoms with van der Waals surface area (Å²) in [5.41, 5.74) is 2.66. The van der Waals surface area contributed by atoms with Gasteiger partial charge in [0.1, 0.15) is 5.75 Å². The van der Waals surface area contributed by atoms with Gasteiger partial charge in [-0.3, -0.25) is 4.79 Å². The highest BCUT2D eigenvalue weighted by Crippen LogP contribution is 2.33. The molecule has 1 aromatic rings. The van der Waals surface area contributed by atoms with Gasteiger partial charge in [0, 0.05) is 12.6 Å². The molecular weight excluding hydrogens is 230 g/mol. The largest absolute Gasteiger partial charge is 0.497 e. The molecule has 1 N–H and O–H groups in total. The number of hydrogen-bond donors (Lipinski definition) is 1. The van der Waals surface area contributed by atoms with Crippen LogP contribution in [0.1, 0.15) is 30.0 Å². The van der Waals surface area contributed by atoms with Gasteiger partial charge >= 0.3 is 5.97 Å². The molecule has 1 aromatic carbocycles. The lowest BCUT2D eigenvalue weighted by Crippen LogP contribution is -2.22. The molecule has 0 aliphatic heterocycles. The van der Waals surface area contributed by atoms with Gasteiger partial charge in [-0.15, -0.1) is 0 Å². The van der Waals surface area contributed by atoms with E-state index in [0.29, 0.717) is 19.0 Å². The number of aryl methyl sites for hydroxylation is 1. The second kappa shape index (κ2) is 5.87. The number of ether oxygens (including phenoxy) is 2. The minimum absolute atomic E-state index is 0.175. The third-order valence-corrected chi connectivity index (χ3v) is 3.38. The number of carbonyl (C=O) groups is 1. The molecule has 0 heterocycles. The molecule has 0 bridgehead atoms. The average molecular weight is 249 g/mol. The van der Waals surface area contributed by atoms with Crippen molar-refractivity contribution in [1.82, 2.24) is 5.32 Å². The lowest BCUT2D eigenvalue weighted by Gasteiger charge is -2.14. The Balaban J connectivity index is 1.95. The van der Waals surface area contributed by atoms with Crippen LogP contribution in [0.15, 0.2) is 18.2 Å². The number of methoxy groups -OCH3 is 2. The summed E-state index contributed by atoms with van der Waals surface area (Å²) < 4.78 is 9.87. The molecule has 0 saturated carbocycles. The average Bonchev–Trinajstić information content (AvgIpc) is 2.81. The van der Waals surface area contributed by atoms with Gasteiger partial charge in [-0.25, -0.2) is 0 Å². The van der Waals surface area contributed by atoms with Gasteiger partial charge in [-0.05, 0) is 36.1 Å². The highest BCUT2D eigenvalue weighted by Gasteiger charge is 2.22. The smallest absolute Gasteiger partial charge is 0.306 e. The quantitative estimate of drug-likeness (QED) is 0.809. The first-order valence-corrected chi connectivity index (χ1v) is 6.21.